The Morgan fingerprint density at radius 1 is 0.833 bits per heavy atom. The summed E-state index contributed by atoms with van der Waals surface area (Å²) in [6.45, 7) is 6.92. The summed E-state index contributed by atoms with van der Waals surface area (Å²) in [7, 11) is -1.38. The van der Waals surface area contributed by atoms with Crippen molar-refractivity contribution < 1.29 is 27.6 Å². The highest BCUT2D eigenvalue weighted by atomic mass is 79.9. The van der Waals surface area contributed by atoms with E-state index in [1.165, 1.54) is 24.8 Å². The predicted molar refractivity (Wildman–Crippen MR) is 129 cm³/mol. The van der Waals surface area contributed by atoms with Crippen LogP contribution in [0.1, 0.15) is 5.56 Å². The zero-order chi connectivity index (χ0) is 26.7. The SMILES string of the molecule is N#Cc1cc(F)c(F)cc1Br.OB(O)c1ccncc1.[C-]#[N+]c1cc(F)c(F)cc1-c1ccncc1. The maximum Gasteiger partial charge on any atom is 0.488 e. The Morgan fingerprint density at radius 3 is 1.83 bits per heavy atom. The Balaban J connectivity index is 0.000000200. The van der Waals surface area contributed by atoms with Crippen molar-refractivity contribution >= 4 is 34.2 Å². The Labute approximate surface area is 212 Å². The lowest BCUT2D eigenvalue weighted by Gasteiger charge is -2.04. The van der Waals surface area contributed by atoms with Gasteiger partial charge in [0.1, 0.15) is 11.9 Å². The van der Waals surface area contributed by atoms with Crippen molar-refractivity contribution in [2.75, 3.05) is 0 Å². The molecule has 0 saturated carbocycles. The molecule has 0 fully saturated rings. The first-order valence-electron chi connectivity index (χ1n) is 9.75. The average Bonchev–Trinajstić information content (AvgIpc) is 2.89. The Hall–Kier alpha value is -4.10. The van der Waals surface area contributed by atoms with E-state index in [4.69, 9.17) is 21.9 Å². The highest BCUT2D eigenvalue weighted by Gasteiger charge is 2.11. The number of halogens is 5. The molecular formula is C24H14BBrF4N4O2. The standard InChI is InChI=1S/C12H6F2N2.C7H2BrF2N.C5H6BNO2/c1-15-12-7-11(14)10(13)6-9(12)8-2-4-16-5-3-8;8-5-2-7(10)6(9)1-4(5)3-11;8-6(9)5-1-3-7-4-2-5/h2-7H;1-2H;1-4,8-9H. The van der Waals surface area contributed by atoms with Gasteiger partial charge in [0.05, 0.1) is 12.1 Å². The first kappa shape index (κ1) is 28.1. The van der Waals surface area contributed by atoms with Gasteiger partial charge in [0, 0.05) is 29.3 Å². The van der Waals surface area contributed by atoms with Crippen molar-refractivity contribution in [3.05, 3.63) is 118 Å². The van der Waals surface area contributed by atoms with Gasteiger partial charge in [-0.2, -0.15) is 5.26 Å². The largest absolute Gasteiger partial charge is 0.488 e. The van der Waals surface area contributed by atoms with Crippen LogP contribution in [-0.2, 0) is 0 Å². The normalized spacial score (nSPS) is 9.47. The van der Waals surface area contributed by atoms with E-state index in [1.807, 2.05) is 0 Å². The maximum atomic E-state index is 13.1. The molecule has 0 spiro atoms. The third-order valence-electron chi connectivity index (χ3n) is 4.29. The summed E-state index contributed by atoms with van der Waals surface area (Å²) >= 11 is 2.91. The lowest BCUT2D eigenvalue weighted by Crippen LogP contribution is -2.29. The van der Waals surface area contributed by atoms with Crippen molar-refractivity contribution in [1.29, 1.82) is 5.26 Å². The molecule has 0 unspecified atom stereocenters. The molecule has 6 nitrogen and oxygen atoms in total. The van der Waals surface area contributed by atoms with E-state index < -0.39 is 30.4 Å². The second kappa shape index (κ2) is 13.7. The molecule has 4 aromatic rings. The van der Waals surface area contributed by atoms with E-state index in [0.717, 1.165) is 24.3 Å². The first-order valence-corrected chi connectivity index (χ1v) is 10.5. The van der Waals surface area contributed by atoms with E-state index >= 15 is 0 Å². The molecule has 36 heavy (non-hydrogen) atoms. The Kier molecular flexibility index (Phi) is 10.7. The summed E-state index contributed by atoms with van der Waals surface area (Å²) in [5, 5.41) is 25.5. The number of pyridine rings is 2. The molecule has 2 N–H and O–H groups in total. The van der Waals surface area contributed by atoms with E-state index in [0.29, 0.717) is 16.6 Å². The summed E-state index contributed by atoms with van der Waals surface area (Å²) in [6, 6.07) is 11.8. The van der Waals surface area contributed by atoms with Gasteiger partial charge in [0.25, 0.3) is 0 Å². The van der Waals surface area contributed by atoms with Gasteiger partial charge in [-0.15, -0.1) is 0 Å². The van der Waals surface area contributed by atoms with Crippen LogP contribution < -0.4 is 5.46 Å². The number of aromatic nitrogens is 2. The fourth-order valence-corrected chi connectivity index (χ4v) is 2.94. The molecule has 0 aliphatic heterocycles. The summed E-state index contributed by atoms with van der Waals surface area (Å²) in [6.07, 6.45) is 6.08. The first-order chi connectivity index (χ1) is 17.2. The third kappa shape index (κ3) is 7.99. The highest BCUT2D eigenvalue weighted by Crippen LogP contribution is 2.31. The molecule has 0 saturated heterocycles. The van der Waals surface area contributed by atoms with Gasteiger partial charge in [-0.1, -0.05) is 0 Å². The van der Waals surface area contributed by atoms with Crippen LogP contribution in [0.25, 0.3) is 16.0 Å². The fourth-order valence-electron chi connectivity index (χ4n) is 2.54. The minimum Gasteiger partial charge on any atom is -0.423 e. The minimum absolute atomic E-state index is 0.0869. The molecule has 0 aliphatic carbocycles. The molecule has 0 radical (unpaired) electrons. The number of nitriles is 1. The van der Waals surface area contributed by atoms with Gasteiger partial charge in [-0.25, -0.2) is 22.4 Å². The molecule has 2 aromatic carbocycles. The molecule has 12 heteroatoms. The molecule has 0 atom stereocenters. The van der Waals surface area contributed by atoms with E-state index in [1.54, 1.807) is 30.3 Å². The molecular weight excluding hydrogens is 543 g/mol. The van der Waals surface area contributed by atoms with Crippen LogP contribution in [0.5, 0.6) is 0 Å². The quantitative estimate of drug-likeness (QED) is 0.158. The van der Waals surface area contributed by atoms with Crippen LogP contribution in [0.4, 0.5) is 23.2 Å². The zero-order valence-corrected chi connectivity index (χ0v) is 19.7. The van der Waals surface area contributed by atoms with Crippen LogP contribution in [-0.4, -0.2) is 27.1 Å². The average molecular weight is 557 g/mol. The van der Waals surface area contributed by atoms with E-state index in [2.05, 4.69) is 30.7 Å². The molecule has 4 rings (SSSR count). The number of hydrogen-bond acceptors (Lipinski definition) is 5. The molecule has 0 amide bonds. The Morgan fingerprint density at radius 2 is 1.33 bits per heavy atom. The summed E-state index contributed by atoms with van der Waals surface area (Å²) in [5.41, 5.74) is 1.65. The van der Waals surface area contributed by atoms with Crippen LogP contribution in [0.15, 0.2) is 77.8 Å². The summed E-state index contributed by atoms with van der Waals surface area (Å²) < 4.78 is 51.1. The molecule has 2 heterocycles. The van der Waals surface area contributed by atoms with Crippen LogP contribution in [0.2, 0.25) is 0 Å². The van der Waals surface area contributed by atoms with Crippen molar-refractivity contribution in [2.45, 2.75) is 0 Å². The molecule has 0 bridgehead atoms. The number of rotatable bonds is 2. The molecule has 0 aliphatic rings. The fraction of sp³-hybridized carbons (Fsp3) is 0. The smallest absolute Gasteiger partial charge is 0.423 e. The van der Waals surface area contributed by atoms with Gasteiger partial charge < -0.3 is 10.0 Å². The van der Waals surface area contributed by atoms with Gasteiger partial charge in [-0.3, -0.25) is 9.97 Å². The van der Waals surface area contributed by atoms with E-state index in [9.17, 15) is 17.6 Å². The lowest BCUT2D eigenvalue weighted by molar-refractivity contribution is 0.425. The van der Waals surface area contributed by atoms with Crippen molar-refractivity contribution in [3.8, 4) is 17.2 Å². The van der Waals surface area contributed by atoms with Crippen LogP contribution >= 0.6 is 15.9 Å². The van der Waals surface area contributed by atoms with Gasteiger partial charge >= 0.3 is 7.12 Å². The minimum atomic E-state index is -1.38. The third-order valence-corrected chi connectivity index (χ3v) is 4.94. The zero-order valence-electron chi connectivity index (χ0n) is 18.1. The number of nitrogens with zero attached hydrogens (tertiary/aromatic N) is 4. The maximum absolute atomic E-state index is 13.1. The van der Waals surface area contributed by atoms with Crippen molar-refractivity contribution in [3.63, 3.8) is 0 Å². The summed E-state index contributed by atoms with van der Waals surface area (Å²) in [4.78, 5) is 10.7. The Bertz CT molecular complexity index is 1400. The topological polar surface area (TPSA) is 94.4 Å². The van der Waals surface area contributed by atoms with Crippen LogP contribution in [0.3, 0.4) is 0 Å². The van der Waals surface area contributed by atoms with Crippen molar-refractivity contribution in [1.82, 2.24) is 9.97 Å². The number of hydrogen-bond donors (Lipinski definition) is 2. The van der Waals surface area contributed by atoms with Crippen molar-refractivity contribution in [2.24, 2.45) is 0 Å². The second-order valence-corrected chi connectivity index (χ2v) is 7.50. The second-order valence-electron chi connectivity index (χ2n) is 6.64. The van der Waals surface area contributed by atoms with Gasteiger partial charge in [-0.05, 0) is 81.1 Å². The molecule has 2 aromatic heterocycles. The number of benzene rings is 2. The van der Waals surface area contributed by atoms with E-state index in [-0.39, 0.29) is 15.7 Å². The summed E-state index contributed by atoms with van der Waals surface area (Å²) in [5.74, 6) is -3.94. The van der Waals surface area contributed by atoms with Gasteiger partial charge in [0.2, 0.25) is 0 Å². The predicted octanol–water partition coefficient (Wildman–Crippen LogP) is 4.94. The molecule has 180 valence electrons. The highest BCUT2D eigenvalue weighted by molar-refractivity contribution is 9.10. The van der Waals surface area contributed by atoms with Crippen LogP contribution in [0, 0.1) is 41.2 Å². The lowest BCUT2D eigenvalue weighted by atomic mass is 9.81. The monoisotopic (exact) mass is 556 g/mol. The van der Waals surface area contributed by atoms with Gasteiger partial charge in [0.15, 0.2) is 23.1 Å².